The van der Waals surface area contributed by atoms with Crippen LogP contribution < -0.4 is 5.73 Å². The first-order chi connectivity index (χ1) is 7.68. The number of rotatable bonds is 2. The minimum absolute atomic E-state index is 0.0143. The van der Waals surface area contributed by atoms with E-state index >= 15 is 0 Å². The van der Waals surface area contributed by atoms with Gasteiger partial charge in [0.05, 0.1) is 11.9 Å². The molecule has 0 aliphatic heterocycles. The van der Waals surface area contributed by atoms with Crippen LogP contribution in [0, 0.1) is 0 Å². The summed E-state index contributed by atoms with van der Waals surface area (Å²) in [4.78, 5) is 14.8. The topological polar surface area (TPSA) is 76.2 Å². The second-order valence-electron chi connectivity index (χ2n) is 3.34. The largest absolute Gasteiger partial charge is 0.476 e. The van der Waals surface area contributed by atoms with Crippen molar-refractivity contribution in [2.75, 3.05) is 5.73 Å². The maximum atomic E-state index is 11.0. The number of carboxylic acid groups (broad SMARTS) is 1. The Morgan fingerprint density at radius 1 is 1.25 bits per heavy atom. The van der Waals surface area contributed by atoms with Crippen LogP contribution in [0.2, 0.25) is 0 Å². The van der Waals surface area contributed by atoms with E-state index in [0.29, 0.717) is 11.3 Å². The summed E-state index contributed by atoms with van der Waals surface area (Å²) in [6.07, 6.45) is 1.34. The van der Waals surface area contributed by atoms with Gasteiger partial charge in [0.1, 0.15) is 0 Å². The lowest BCUT2D eigenvalue weighted by Gasteiger charge is -2.06. The van der Waals surface area contributed by atoms with Crippen LogP contribution in [0.15, 0.2) is 42.6 Å². The minimum Gasteiger partial charge on any atom is -0.476 e. The number of nitrogens with two attached hydrogens (primary N) is 1. The maximum Gasteiger partial charge on any atom is 0.355 e. The van der Waals surface area contributed by atoms with Crippen LogP contribution in [0.5, 0.6) is 0 Å². The Morgan fingerprint density at radius 3 is 2.56 bits per heavy atom. The molecule has 0 spiro atoms. The van der Waals surface area contributed by atoms with Crippen molar-refractivity contribution in [1.29, 1.82) is 0 Å². The van der Waals surface area contributed by atoms with Gasteiger partial charge in [0.2, 0.25) is 0 Å². The Hall–Kier alpha value is -2.36. The molecule has 1 aromatic carbocycles. The molecule has 0 saturated carbocycles. The van der Waals surface area contributed by atoms with Crippen molar-refractivity contribution in [2.45, 2.75) is 0 Å². The van der Waals surface area contributed by atoms with Crippen molar-refractivity contribution in [3.8, 4) is 11.1 Å². The number of nitrogen functional groups attached to an aromatic ring is 1. The van der Waals surface area contributed by atoms with Crippen molar-refractivity contribution >= 4 is 11.7 Å². The molecule has 4 heteroatoms. The van der Waals surface area contributed by atoms with Gasteiger partial charge in [-0.3, -0.25) is 0 Å². The van der Waals surface area contributed by atoms with Gasteiger partial charge in [-0.05, 0) is 11.6 Å². The summed E-state index contributed by atoms with van der Waals surface area (Å²) in [5.41, 5.74) is 7.40. The molecule has 0 bridgehead atoms. The van der Waals surface area contributed by atoms with E-state index in [0.717, 1.165) is 5.56 Å². The highest BCUT2D eigenvalue weighted by atomic mass is 16.4. The zero-order valence-electron chi connectivity index (χ0n) is 8.42. The molecule has 3 N–H and O–H groups in total. The molecule has 2 rings (SSSR count). The first kappa shape index (κ1) is 10.2. The molecule has 1 heterocycles. The summed E-state index contributed by atoms with van der Waals surface area (Å²) < 4.78 is 0. The van der Waals surface area contributed by atoms with Crippen LogP contribution in [0.1, 0.15) is 10.5 Å². The van der Waals surface area contributed by atoms with Gasteiger partial charge in [-0.1, -0.05) is 30.3 Å². The number of nitrogens with zero attached hydrogens (tertiary/aromatic N) is 1. The SMILES string of the molecule is Nc1cnc(C(=O)O)c(-c2ccccc2)c1. The molecule has 0 atom stereocenters. The fraction of sp³-hybridized carbons (Fsp3) is 0. The van der Waals surface area contributed by atoms with Crippen LogP contribution >= 0.6 is 0 Å². The van der Waals surface area contributed by atoms with Crippen LogP contribution in [0.4, 0.5) is 5.69 Å². The summed E-state index contributed by atoms with van der Waals surface area (Å²) in [6, 6.07) is 10.8. The average molecular weight is 214 g/mol. The average Bonchev–Trinajstić information content (AvgIpc) is 2.29. The lowest BCUT2D eigenvalue weighted by atomic mass is 10.0. The van der Waals surface area contributed by atoms with Crippen molar-refractivity contribution in [3.05, 3.63) is 48.3 Å². The van der Waals surface area contributed by atoms with E-state index in [4.69, 9.17) is 10.8 Å². The highest BCUT2D eigenvalue weighted by Gasteiger charge is 2.13. The number of carbonyl (C=O) groups is 1. The second kappa shape index (κ2) is 4.02. The first-order valence-corrected chi connectivity index (χ1v) is 4.72. The van der Waals surface area contributed by atoms with E-state index in [2.05, 4.69) is 4.98 Å². The molecule has 16 heavy (non-hydrogen) atoms. The third-order valence-electron chi connectivity index (χ3n) is 2.20. The molecular weight excluding hydrogens is 204 g/mol. The van der Waals surface area contributed by atoms with E-state index in [1.54, 1.807) is 6.07 Å². The Morgan fingerprint density at radius 2 is 1.94 bits per heavy atom. The minimum atomic E-state index is -1.06. The predicted molar refractivity (Wildman–Crippen MR) is 61.0 cm³/mol. The van der Waals surface area contributed by atoms with E-state index < -0.39 is 5.97 Å². The van der Waals surface area contributed by atoms with Gasteiger partial charge in [0.25, 0.3) is 0 Å². The van der Waals surface area contributed by atoms with Crippen LogP contribution in [0.3, 0.4) is 0 Å². The van der Waals surface area contributed by atoms with E-state index in [9.17, 15) is 4.79 Å². The number of anilines is 1. The zero-order chi connectivity index (χ0) is 11.5. The molecular formula is C12H10N2O2. The molecule has 0 aliphatic rings. The Balaban J connectivity index is 2.63. The fourth-order valence-electron chi connectivity index (χ4n) is 1.49. The lowest BCUT2D eigenvalue weighted by molar-refractivity contribution is 0.0691. The van der Waals surface area contributed by atoms with Crippen molar-refractivity contribution in [3.63, 3.8) is 0 Å². The van der Waals surface area contributed by atoms with Crippen LogP contribution in [-0.2, 0) is 0 Å². The van der Waals surface area contributed by atoms with E-state index in [1.165, 1.54) is 6.20 Å². The monoisotopic (exact) mass is 214 g/mol. The lowest BCUT2D eigenvalue weighted by Crippen LogP contribution is -2.04. The third kappa shape index (κ3) is 1.86. The molecule has 80 valence electrons. The fourth-order valence-corrected chi connectivity index (χ4v) is 1.49. The van der Waals surface area contributed by atoms with Gasteiger partial charge in [-0.25, -0.2) is 9.78 Å². The molecule has 2 aromatic rings. The molecule has 0 amide bonds. The number of hydrogen-bond acceptors (Lipinski definition) is 3. The Kier molecular flexibility index (Phi) is 2.55. The van der Waals surface area contributed by atoms with Gasteiger partial charge in [-0.2, -0.15) is 0 Å². The smallest absolute Gasteiger partial charge is 0.355 e. The summed E-state index contributed by atoms with van der Waals surface area (Å²) in [6.45, 7) is 0. The van der Waals surface area contributed by atoms with Gasteiger partial charge >= 0.3 is 5.97 Å². The third-order valence-corrected chi connectivity index (χ3v) is 2.20. The zero-order valence-corrected chi connectivity index (χ0v) is 8.42. The number of hydrogen-bond donors (Lipinski definition) is 2. The van der Waals surface area contributed by atoms with Gasteiger partial charge in [0.15, 0.2) is 5.69 Å². The van der Waals surface area contributed by atoms with E-state index in [1.807, 2.05) is 30.3 Å². The molecule has 0 unspecified atom stereocenters. The number of carboxylic acids is 1. The van der Waals surface area contributed by atoms with E-state index in [-0.39, 0.29) is 5.69 Å². The predicted octanol–water partition coefficient (Wildman–Crippen LogP) is 2.03. The number of aromatic carboxylic acids is 1. The van der Waals surface area contributed by atoms with Gasteiger partial charge in [0, 0.05) is 5.56 Å². The highest BCUT2D eigenvalue weighted by Crippen LogP contribution is 2.24. The standard InChI is InChI=1S/C12H10N2O2/c13-9-6-10(8-4-2-1-3-5-8)11(12(15)16)14-7-9/h1-7H,13H2,(H,15,16). The number of benzene rings is 1. The molecule has 1 aromatic heterocycles. The van der Waals surface area contributed by atoms with Crippen LogP contribution in [0.25, 0.3) is 11.1 Å². The molecule has 4 nitrogen and oxygen atoms in total. The van der Waals surface area contributed by atoms with Crippen molar-refractivity contribution in [1.82, 2.24) is 4.98 Å². The Labute approximate surface area is 92.4 Å². The summed E-state index contributed by atoms with van der Waals surface area (Å²) in [7, 11) is 0. The van der Waals surface area contributed by atoms with Crippen molar-refractivity contribution < 1.29 is 9.90 Å². The van der Waals surface area contributed by atoms with Crippen molar-refractivity contribution in [2.24, 2.45) is 0 Å². The summed E-state index contributed by atoms with van der Waals surface area (Å²) >= 11 is 0. The van der Waals surface area contributed by atoms with Crippen LogP contribution in [-0.4, -0.2) is 16.1 Å². The molecule has 0 saturated heterocycles. The van der Waals surface area contributed by atoms with Gasteiger partial charge < -0.3 is 10.8 Å². The molecule has 0 fully saturated rings. The molecule has 0 aliphatic carbocycles. The normalized spacial score (nSPS) is 10.0. The second-order valence-corrected chi connectivity index (χ2v) is 3.34. The highest BCUT2D eigenvalue weighted by molar-refractivity contribution is 5.94. The molecule has 0 radical (unpaired) electrons. The first-order valence-electron chi connectivity index (χ1n) is 4.72. The van der Waals surface area contributed by atoms with Gasteiger partial charge in [-0.15, -0.1) is 0 Å². The maximum absolute atomic E-state index is 11.0. The summed E-state index contributed by atoms with van der Waals surface area (Å²) in [5.74, 6) is -1.06. The summed E-state index contributed by atoms with van der Waals surface area (Å²) in [5, 5.41) is 9.01. The number of pyridine rings is 1. The number of aromatic nitrogens is 1. The Bertz CT molecular complexity index is 524. The quantitative estimate of drug-likeness (QED) is 0.801.